The van der Waals surface area contributed by atoms with Crippen molar-refractivity contribution >= 4 is 118 Å². The monoisotopic (exact) mass is 1140 g/mol. The number of alkyl halides is 2. The zero-order valence-electron chi connectivity index (χ0n) is 45.4. The third-order valence-electron chi connectivity index (χ3n) is 11.3. The zero-order valence-corrected chi connectivity index (χ0v) is 48.6. The van der Waals surface area contributed by atoms with Crippen molar-refractivity contribution in [1.82, 2.24) is 45.1 Å². The standard InChI is InChI=1S/C44H75N9O12S2.C3H6O2.CH2Cl2/c1-9-40(60)51(25-23-49(35(5)56)21-19-47(7)33(3)54)27-31-66-29-16-38(58)45-18-12-11-13-37(44(64)65-53-42(62)14-15-43(53)63)46-39(59)17-30-67-32-28-52(41(61)10-2)26-24-50(36(6)57)22-20-48(8)34(4)55;1-2-3(4)5;2-1-3/h37H,9-32H2,1-8H3,(H,45,58)(H,46,59);2H2,1H3,(H,4,5);1H2. The highest BCUT2D eigenvalue weighted by Crippen LogP contribution is 2.15. The fourth-order valence-corrected chi connectivity index (χ4v) is 8.13. The first kappa shape index (κ1) is 72.2. The molecule has 1 heterocycles. The molecule has 1 rings (SSSR count). The molecule has 1 atom stereocenters. The van der Waals surface area contributed by atoms with Crippen molar-refractivity contribution in [1.29, 1.82) is 0 Å². The summed E-state index contributed by atoms with van der Waals surface area (Å²) in [4.78, 5) is 160. The van der Waals surface area contributed by atoms with Crippen LogP contribution in [0.15, 0.2) is 0 Å². The molecule has 23 nitrogen and oxygen atoms in total. The lowest BCUT2D eigenvalue weighted by molar-refractivity contribution is -0.199. The fourth-order valence-electron chi connectivity index (χ4n) is 6.36. The van der Waals surface area contributed by atoms with Crippen molar-refractivity contribution in [3.05, 3.63) is 0 Å². The predicted octanol–water partition coefficient (Wildman–Crippen LogP) is 2.64. The largest absolute Gasteiger partial charge is 0.481 e. The number of carboxylic acids is 1. The van der Waals surface area contributed by atoms with Crippen LogP contribution in [0, 0.1) is 0 Å². The molecule has 75 heavy (non-hydrogen) atoms. The molecule has 1 aliphatic rings. The molecule has 0 saturated carbocycles. The second-order valence-electron chi connectivity index (χ2n) is 16.9. The maximum absolute atomic E-state index is 13.1. The number of rotatable bonds is 35. The minimum Gasteiger partial charge on any atom is -0.481 e. The molecule has 3 N–H and O–H groups in total. The summed E-state index contributed by atoms with van der Waals surface area (Å²) in [5, 5.41) is 13.9. The Balaban J connectivity index is 0. The number of carbonyl (C=O) groups is 12. The van der Waals surface area contributed by atoms with Crippen molar-refractivity contribution in [2.45, 2.75) is 119 Å². The molecule has 0 aromatic rings. The highest BCUT2D eigenvalue weighted by molar-refractivity contribution is 7.99. The van der Waals surface area contributed by atoms with Crippen molar-refractivity contribution in [3.63, 3.8) is 0 Å². The average molecular weight is 1150 g/mol. The van der Waals surface area contributed by atoms with Crippen LogP contribution in [0.1, 0.15) is 113 Å². The van der Waals surface area contributed by atoms with E-state index >= 15 is 0 Å². The summed E-state index contributed by atoms with van der Waals surface area (Å²) in [6.45, 7) is 14.8. The van der Waals surface area contributed by atoms with Crippen molar-refractivity contribution < 1.29 is 67.5 Å². The molecule has 1 saturated heterocycles. The van der Waals surface area contributed by atoms with Gasteiger partial charge in [-0.05, 0) is 19.3 Å². The molecule has 0 aliphatic carbocycles. The van der Waals surface area contributed by atoms with Gasteiger partial charge in [0.15, 0.2) is 0 Å². The zero-order chi connectivity index (χ0) is 57.5. The molecule has 0 spiro atoms. The molecule has 430 valence electrons. The summed E-state index contributed by atoms with van der Waals surface area (Å²) in [5.41, 5.74) is 0. The minimum absolute atomic E-state index is 0.0280. The van der Waals surface area contributed by atoms with Crippen LogP contribution in [0.4, 0.5) is 0 Å². The second-order valence-corrected chi connectivity index (χ2v) is 20.2. The van der Waals surface area contributed by atoms with Crippen molar-refractivity contribution in [2.24, 2.45) is 0 Å². The predicted molar refractivity (Wildman–Crippen MR) is 289 cm³/mol. The molecule has 0 radical (unpaired) electrons. The van der Waals surface area contributed by atoms with Gasteiger partial charge < -0.3 is 50.0 Å². The number of carboxylic acid groups (broad SMARTS) is 1. The fraction of sp³-hybridized carbons (Fsp3) is 0.750. The van der Waals surface area contributed by atoms with Crippen LogP contribution in [0.3, 0.4) is 0 Å². The van der Waals surface area contributed by atoms with E-state index in [0.29, 0.717) is 119 Å². The smallest absolute Gasteiger partial charge is 0.355 e. The maximum atomic E-state index is 13.1. The van der Waals surface area contributed by atoms with Gasteiger partial charge in [0.2, 0.25) is 47.3 Å². The Morgan fingerprint density at radius 3 is 1.35 bits per heavy atom. The lowest BCUT2D eigenvalue weighted by Crippen LogP contribution is -2.45. The summed E-state index contributed by atoms with van der Waals surface area (Å²) in [5.74, 6) is -2.32. The van der Waals surface area contributed by atoms with Crippen molar-refractivity contribution in [3.8, 4) is 0 Å². The third kappa shape index (κ3) is 35.2. The van der Waals surface area contributed by atoms with E-state index in [1.54, 1.807) is 54.5 Å². The number of amides is 10. The topological polar surface area (TPSA) is 281 Å². The molecule has 1 fully saturated rings. The number of nitrogens with one attached hydrogen (secondary N) is 2. The van der Waals surface area contributed by atoms with Gasteiger partial charge in [0.1, 0.15) is 6.04 Å². The molecule has 0 aromatic carbocycles. The lowest BCUT2D eigenvalue weighted by atomic mass is 10.1. The lowest BCUT2D eigenvalue weighted by Gasteiger charge is -2.28. The summed E-state index contributed by atoms with van der Waals surface area (Å²) in [6.07, 6.45) is 1.86. The molecule has 27 heteroatoms. The number of aliphatic carboxylic acids is 1. The van der Waals surface area contributed by atoms with Gasteiger partial charge in [0.25, 0.3) is 11.8 Å². The van der Waals surface area contributed by atoms with Gasteiger partial charge in [0.05, 0.1) is 5.34 Å². The Bertz CT molecular complexity index is 1820. The number of carbonyl (C=O) groups excluding carboxylic acids is 11. The van der Waals surface area contributed by atoms with E-state index in [1.807, 2.05) is 0 Å². The Labute approximate surface area is 461 Å². The van der Waals surface area contributed by atoms with Gasteiger partial charge >= 0.3 is 11.9 Å². The molecule has 1 aliphatic heterocycles. The normalized spacial score (nSPS) is 11.9. The highest BCUT2D eigenvalue weighted by Gasteiger charge is 2.35. The Hall–Kier alpha value is -4.88. The first-order valence-electron chi connectivity index (χ1n) is 25.0. The quantitative estimate of drug-likeness (QED) is 0.0467. The number of likely N-dealkylation sites (N-methyl/N-ethyl adjacent to an activating group) is 2. The Kier molecular flexibility index (Phi) is 41.6. The van der Waals surface area contributed by atoms with E-state index in [1.165, 1.54) is 61.0 Å². The molecular formula is C48H83Cl2N9O14S2. The van der Waals surface area contributed by atoms with Crippen LogP contribution in [0.25, 0.3) is 0 Å². The SMILES string of the molecule is CCC(=O)N(CCSCCC(=O)NCCCCC(NC(=O)CCSCCN(CCN(CCN(C)C(C)=O)C(C)=O)C(=O)CC)C(=O)ON1C(=O)CCC1=O)CCN(CCN(C)C(C)=O)C(C)=O.CCC(=O)O.ClCCl. The Morgan fingerprint density at radius 2 is 0.973 bits per heavy atom. The van der Waals surface area contributed by atoms with Gasteiger partial charge in [-0.2, -0.15) is 23.5 Å². The number of unbranched alkanes of at least 4 members (excludes halogenated alkanes) is 1. The number of nitrogens with zero attached hydrogens (tertiary/aromatic N) is 7. The number of hydroxylamine groups is 2. The first-order chi connectivity index (χ1) is 35.4. The van der Waals surface area contributed by atoms with E-state index in [4.69, 9.17) is 33.1 Å². The van der Waals surface area contributed by atoms with Crippen LogP contribution < -0.4 is 10.6 Å². The maximum Gasteiger partial charge on any atom is 0.355 e. The minimum atomic E-state index is -1.17. The van der Waals surface area contributed by atoms with Crippen LogP contribution in [-0.2, 0) is 62.4 Å². The van der Waals surface area contributed by atoms with Gasteiger partial charge in [-0.1, -0.05) is 20.8 Å². The van der Waals surface area contributed by atoms with Gasteiger partial charge in [-0.3, -0.25) is 52.7 Å². The first-order valence-corrected chi connectivity index (χ1v) is 28.4. The highest BCUT2D eigenvalue weighted by atomic mass is 35.5. The van der Waals surface area contributed by atoms with E-state index < -0.39 is 35.7 Å². The molecule has 10 amide bonds. The number of halogens is 2. The second kappa shape index (κ2) is 43.2. The third-order valence-corrected chi connectivity index (χ3v) is 13.2. The van der Waals surface area contributed by atoms with Gasteiger partial charge in [-0.25, -0.2) is 4.79 Å². The van der Waals surface area contributed by atoms with E-state index in [9.17, 15) is 57.5 Å². The Morgan fingerprint density at radius 1 is 0.587 bits per heavy atom. The number of imide groups is 1. The van der Waals surface area contributed by atoms with Crippen LogP contribution in [-0.4, -0.2) is 231 Å². The summed E-state index contributed by atoms with van der Waals surface area (Å²) >= 11 is 12.5. The van der Waals surface area contributed by atoms with Gasteiger partial charge in [0, 0.05) is 182 Å². The van der Waals surface area contributed by atoms with Crippen LogP contribution in [0.5, 0.6) is 0 Å². The van der Waals surface area contributed by atoms with E-state index in [2.05, 4.69) is 10.6 Å². The van der Waals surface area contributed by atoms with Crippen molar-refractivity contribution in [2.75, 3.05) is 114 Å². The molecule has 1 unspecified atom stereocenters. The number of hydrogen-bond donors (Lipinski definition) is 3. The number of thioether (sulfide) groups is 2. The molecule has 0 bridgehead atoms. The van der Waals surface area contributed by atoms with Crippen LogP contribution in [0.2, 0.25) is 0 Å². The summed E-state index contributed by atoms with van der Waals surface area (Å²) in [7, 11) is 3.32. The average Bonchev–Trinajstić information content (AvgIpc) is 3.67. The molecular weight excluding hydrogens is 1060 g/mol. The number of hydrogen-bond acceptors (Lipinski definition) is 15. The summed E-state index contributed by atoms with van der Waals surface area (Å²) < 4.78 is 0. The summed E-state index contributed by atoms with van der Waals surface area (Å²) in [6, 6.07) is -1.17. The van der Waals surface area contributed by atoms with E-state index in [0.717, 1.165) is 0 Å². The van der Waals surface area contributed by atoms with Crippen LogP contribution >= 0.6 is 46.7 Å². The van der Waals surface area contributed by atoms with E-state index in [-0.39, 0.29) is 91.6 Å². The molecule has 0 aromatic heterocycles. The van der Waals surface area contributed by atoms with Gasteiger partial charge in [-0.15, -0.1) is 28.3 Å².